The number of nitrogens with two attached hydrogens (primary N) is 1. The number of aryl methyl sites for hydroxylation is 1. The zero-order valence-electron chi connectivity index (χ0n) is 8.59. The third-order valence-corrected chi connectivity index (χ3v) is 2.27. The predicted molar refractivity (Wildman–Crippen MR) is 54.6 cm³/mol. The van der Waals surface area contributed by atoms with Gasteiger partial charge in [0.1, 0.15) is 5.82 Å². The van der Waals surface area contributed by atoms with Crippen LogP contribution in [0.5, 0.6) is 0 Å². The molecule has 0 bridgehead atoms. The van der Waals surface area contributed by atoms with Crippen LogP contribution < -0.4 is 5.73 Å². The largest absolute Gasteiger partial charge is 0.385 e. The van der Waals surface area contributed by atoms with Gasteiger partial charge in [0, 0.05) is 19.8 Å². The summed E-state index contributed by atoms with van der Waals surface area (Å²) in [6.45, 7) is 2.53. The lowest BCUT2D eigenvalue weighted by atomic mass is 10.00. The van der Waals surface area contributed by atoms with Gasteiger partial charge in [-0.3, -0.25) is 0 Å². The summed E-state index contributed by atoms with van der Waals surface area (Å²) in [6.07, 6.45) is 0.709. The van der Waals surface area contributed by atoms with Crippen molar-refractivity contribution in [1.82, 2.24) is 0 Å². The lowest BCUT2D eigenvalue weighted by Crippen LogP contribution is -2.14. The van der Waals surface area contributed by atoms with Crippen molar-refractivity contribution in [3.05, 3.63) is 35.1 Å². The summed E-state index contributed by atoms with van der Waals surface area (Å²) >= 11 is 0. The van der Waals surface area contributed by atoms with Crippen LogP contribution in [-0.2, 0) is 4.74 Å². The van der Waals surface area contributed by atoms with Crippen LogP contribution in [-0.4, -0.2) is 13.7 Å². The summed E-state index contributed by atoms with van der Waals surface area (Å²) in [6, 6.07) is 4.54. The van der Waals surface area contributed by atoms with Crippen LogP contribution in [0.15, 0.2) is 18.2 Å². The summed E-state index contributed by atoms with van der Waals surface area (Å²) in [4.78, 5) is 0. The summed E-state index contributed by atoms with van der Waals surface area (Å²) in [7, 11) is 1.63. The molecule has 2 nitrogen and oxygen atoms in total. The lowest BCUT2D eigenvalue weighted by molar-refractivity contribution is 0.188. The molecule has 0 aromatic heterocycles. The van der Waals surface area contributed by atoms with Crippen molar-refractivity contribution in [3.63, 3.8) is 0 Å². The number of halogens is 1. The number of hydrogen-bond donors (Lipinski definition) is 1. The number of ether oxygens (including phenoxy) is 1. The SMILES string of the molecule is COCCC(N)c1cc(F)ccc1C. The molecule has 0 spiro atoms. The average Bonchev–Trinajstić information content (AvgIpc) is 2.18. The molecule has 2 N–H and O–H groups in total. The maximum Gasteiger partial charge on any atom is 0.123 e. The van der Waals surface area contributed by atoms with Crippen LogP contribution in [0.2, 0.25) is 0 Å². The highest BCUT2D eigenvalue weighted by Gasteiger charge is 2.09. The summed E-state index contributed by atoms with van der Waals surface area (Å²) in [5.74, 6) is -0.238. The summed E-state index contributed by atoms with van der Waals surface area (Å²) < 4.78 is 17.9. The Bertz CT molecular complexity index is 301. The Hall–Kier alpha value is -0.930. The highest BCUT2D eigenvalue weighted by atomic mass is 19.1. The quantitative estimate of drug-likeness (QED) is 0.802. The van der Waals surface area contributed by atoms with Crippen LogP contribution in [0.25, 0.3) is 0 Å². The highest BCUT2D eigenvalue weighted by Crippen LogP contribution is 2.19. The Kier molecular flexibility index (Phi) is 4.04. The molecule has 0 heterocycles. The van der Waals surface area contributed by atoms with Crippen molar-refractivity contribution < 1.29 is 9.13 Å². The van der Waals surface area contributed by atoms with Gasteiger partial charge in [0.15, 0.2) is 0 Å². The van der Waals surface area contributed by atoms with E-state index in [0.29, 0.717) is 13.0 Å². The normalized spacial score (nSPS) is 12.9. The molecule has 1 unspecified atom stereocenters. The van der Waals surface area contributed by atoms with E-state index in [1.54, 1.807) is 13.2 Å². The second kappa shape index (κ2) is 5.08. The molecule has 0 amide bonds. The van der Waals surface area contributed by atoms with E-state index in [4.69, 9.17) is 10.5 Å². The molecule has 78 valence electrons. The number of benzene rings is 1. The number of methoxy groups -OCH3 is 1. The second-order valence-electron chi connectivity index (χ2n) is 3.39. The topological polar surface area (TPSA) is 35.2 Å². The zero-order valence-corrected chi connectivity index (χ0v) is 8.59. The molecular weight excluding hydrogens is 181 g/mol. The lowest BCUT2D eigenvalue weighted by Gasteiger charge is -2.14. The summed E-state index contributed by atoms with van der Waals surface area (Å²) in [5, 5.41) is 0. The van der Waals surface area contributed by atoms with E-state index in [1.165, 1.54) is 12.1 Å². The Balaban J connectivity index is 2.77. The molecule has 14 heavy (non-hydrogen) atoms. The van der Waals surface area contributed by atoms with E-state index in [1.807, 2.05) is 6.92 Å². The molecule has 1 aromatic rings. The fourth-order valence-electron chi connectivity index (χ4n) is 1.41. The van der Waals surface area contributed by atoms with Crippen LogP contribution in [0.4, 0.5) is 4.39 Å². The van der Waals surface area contributed by atoms with Crippen molar-refractivity contribution in [2.45, 2.75) is 19.4 Å². The van der Waals surface area contributed by atoms with Gasteiger partial charge in [0.25, 0.3) is 0 Å². The van der Waals surface area contributed by atoms with Crippen molar-refractivity contribution in [3.8, 4) is 0 Å². The van der Waals surface area contributed by atoms with E-state index >= 15 is 0 Å². The van der Waals surface area contributed by atoms with E-state index in [0.717, 1.165) is 11.1 Å². The maximum atomic E-state index is 12.9. The van der Waals surface area contributed by atoms with Gasteiger partial charge < -0.3 is 10.5 Å². The minimum atomic E-state index is -0.238. The molecule has 0 saturated carbocycles. The van der Waals surface area contributed by atoms with E-state index in [-0.39, 0.29) is 11.9 Å². The second-order valence-corrected chi connectivity index (χ2v) is 3.39. The first-order chi connectivity index (χ1) is 6.65. The van der Waals surface area contributed by atoms with Crippen LogP contribution in [0, 0.1) is 12.7 Å². The first-order valence-electron chi connectivity index (χ1n) is 4.65. The molecule has 1 rings (SSSR count). The first kappa shape index (κ1) is 11.1. The van der Waals surface area contributed by atoms with E-state index < -0.39 is 0 Å². The maximum absolute atomic E-state index is 12.9. The fourth-order valence-corrected chi connectivity index (χ4v) is 1.41. The molecular formula is C11H16FNO. The van der Waals surface area contributed by atoms with Crippen LogP contribution in [0.1, 0.15) is 23.6 Å². The number of rotatable bonds is 4. The van der Waals surface area contributed by atoms with Gasteiger partial charge in [-0.2, -0.15) is 0 Å². The Morgan fingerprint density at radius 2 is 2.21 bits per heavy atom. The number of hydrogen-bond acceptors (Lipinski definition) is 2. The minimum Gasteiger partial charge on any atom is -0.385 e. The molecule has 0 aliphatic rings. The van der Waals surface area contributed by atoms with Gasteiger partial charge in [0.05, 0.1) is 0 Å². The Morgan fingerprint density at radius 1 is 1.50 bits per heavy atom. The van der Waals surface area contributed by atoms with Gasteiger partial charge in [-0.1, -0.05) is 6.07 Å². The van der Waals surface area contributed by atoms with E-state index in [2.05, 4.69) is 0 Å². The molecule has 1 aromatic carbocycles. The standard InChI is InChI=1S/C11H16FNO/c1-8-3-4-9(12)7-10(8)11(13)5-6-14-2/h3-4,7,11H,5-6,13H2,1-2H3. The van der Waals surface area contributed by atoms with Crippen molar-refractivity contribution >= 4 is 0 Å². The van der Waals surface area contributed by atoms with Crippen LogP contribution >= 0.6 is 0 Å². The zero-order chi connectivity index (χ0) is 10.6. The fraction of sp³-hybridized carbons (Fsp3) is 0.455. The molecule has 0 aliphatic heterocycles. The van der Waals surface area contributed by atoms with E-state index in [9.17, 15) is 4.39 Å². The Morgan fingerprint density at radius 3 is 2.86 bits per heavy atom. The predicted octanol–water partition coefficient (Wildman–Crippen LogP) is 2.17. The van der Waals surface area contributed by atoms with Gasteiger partial charge >= 0.3 is 0 Å². The minimum absolute atomic E-state index is 0.148. The third kappa shape index (κ3) is 2.79. The molecule has 0 fully saturated rings. The highest BCUT2D eigenvalue weighted by molar-refractivity contribution is 5.29. The monoisotopic (exact) mass is 197 g/mol. The van der Waals surface area contributed by atoms with Crippen molar-refractivity contribution in [2.75, 3.05) is 13.7 Å². The molecule has 0 radical (unpaired) electrons. The smallest absolute Gasteiger partial charge is 0.123 e. The van der Waals surface area contributed by atoms with Gasteiger partial charge in [0.2, 0.25) is 0 Å². The molecule has 0 saturated heterocycles. The molecule has 3 heteroatoms. The third-order valence-electron chi connectivity index (χ3n) is 2.27. The Labute approximate surface area is 83.9 Å². The summed E-state index contributed by atoms with van der Waals surface area (Å²) in [5.41, 5.74) is 7.79. The molecule has 0 aliphatic carbocycles. The molecule has 1 atom stereocenters. The van der Waals surface area contributed by atoms with Gasteiger partial charge in [-0.25, -0.2) is 4.39 Å². The van der Waals surface area contributed by atoms with Gasteiger partial charge in [-0.05, 0) is 36.6 Å². The first-order valence-corrected chi connectivity index (χ1v) is 4.65. The average molecular weight is 197 g/mol. The van der Waals surface area contributed by atoms with Crippen molar-refractivity contribution in [2.24, 2.45) is 5.73 Å². The van der Waals surface area contributed by atoms with Gasteiger partial charge in [-0.15, -0.1) is 0 Å². The van der Waals surface area contributed by atoms with Crippen molar-refractivity contribution in [1.29, 1.82) is 0 Å². The van der Waals surface area contributed by atoms with Crippen LogP contribution in [0.3, 0.4) is 0 Å².